The third kappa shape index (κ3) is 4.46. The van der Waals surface area contributed by atoms with Crippen molar-refractivity contribution in [1.29, 1.82) is 0 Å². The van der Waals surface area contributed by atoms with E-state index in [0.29, 0.717) is 5.76 Å². The summed E-state index contributed by atoms with van der Waals surface area (Å²) in [6, 6.07) is 3.45. The van der Waals surface area contributed by atoms with Crippen molar-refractivity contribution in [3.8, 4) is 0 Å². The van der Waals surface area contributed by atoms with E-state index in [1.165, 1.54) is 6.26 Å². The Labute approximate surface area is 146 Å². The zero-order valence-corrected chi connectivity index (χ0v) is 14.7. The van der Waals surface area contributed by atoms with Crippen molar-refractivity contribution in [3.05, 3.63) is 39.2 Å². The number of furan rings is 1. The number of carbonyl (C=O) groups excluding carboxylic acids is 2. The first-order chi connectivity index (χ1) is 10.9. The van der Waals surface area contributed by atoms with Crippen LogP contribution in [0, 0.1) is 5.92 Å². The topological polar surface area (TPSA) is 81.4 Å². The van der Waals surface area contributed by atoms with Crippen LogP contribution in [0.2, 0.25) is 9.36 Å². The lowest BCUT2D eigenvalue weighted by Gasteiger charge is -2.20. The Bertz CT molecular complexity index is 685. The largest absolute Gasteiger partial charge is 0.467 e. The molecule has 0 aliphatic heterocycles. The molecule has 9 heteroatoms. The molecular weight excluding hydrogens is 363 g/mol. The summed E-state index contributed by atoms with van der Waals surface area (Å²) in [5.41, 5.74) is -0.0915. The molecule has 0 saturated carbocycles. The SMILES string of the molecule is CC(C)[C@H](OC(=O)c1nsc(Cl)c1Cl)C(=O)NCc1ccco1. The van der Waals surface area contributed by atoms with E-state index >= 15 is 0 Å². The van der Waals surface area contributed by atoms with E-state index in [9.17, 15) is 9.59 Å². The Morgan fingerprint density at radius 1 is 1.43 bits per heavy atom. The maximum absolute atomic E-state index is 12.2. The quantitative estimate of drug-likeness (QED) is 0.779. The van der Waals surface area contributed by atoms with Gasteiger partial charge in [-0.15, -0.1) is 0 Å². The molecule has 0 fully saturated rings. The van der Waals surface area contributed by atoms with Gasteiger partial charge in [-0.25, -0.2) is 4.79 Å². The van der Waals surface area contributed by atoms with E-state index in [2.05, 4.69) is 9.69 Å². The van der Waals surface area contributed by atoms with Crippen LogP contribution in [0.4, 0.5) is 0 Å². The maximum Gasteiger partial charge on any atom is 0.360 e. The second kappa shape index (κ2) is 7.81. The molecular formula is C14H14Cl2N2O4S. The highest BCUT2D eigenvalue weighted by atomic mass is 35.5. The molecule has 1 amide bonds. The van der Waals surface area contributed by atoms with E-state index in [1.807, 2.05) is 0 Å². The Hall–Kier alpha value is -1.57. The van der Waals surface area contributed by atoms with Gasteiger partial charge < -0.3 is 14.5 Å². The highest BCUT2D eigenvalue weighted by Crippen LogP contribution is 2.30. The Kier molecular flexibility index (Phi) is 6.04. The van der Waals surface area contributed by atoms with Gasteiger partial charge in [0.05, 0.1) is 12.8 Å². The molecule has 2 aromatic rings. The Balaban J connectivity index is 2.01. The van der Waals surface area contributed by atoms with Crippen LogP contribution in [-0.4, -0.2) is 22.4 Å². The molecule has 0 saturated heterocycles. The van der Waals surface area contributed by atoms with Crippen LogP contribution in [-0.2, 0) is 16.1 Å². The fourth-order valence-corrected chi connectivity index (χ4v) is 2.72. The van der Waals surface area contributed by atoms with Gasteiger partial charge in [0.1, 0.15) is 15.1 Å². The summed E-state index contributed by atoms with van der Waals surface area (Å²) in [4.78, 5) is 24.3. The first kappa shape index (κ1) is 17.8. The number of nitrogens with zero attached hydrogens (tertiary/aromatic N) is 1. The van der Waals surface area contributed by atoms with Gasteiger partial charge in [0.15, 0.2) is 11.8 Å². The Morgan fingerprint density at radius 3 is 2.70 bits per heavy atom. The number of ether oxygens (including phenoxy) is 1. The van der Waals surface area contributed by atoms with Crippen LogP contribution in [0.5, 0.6) is 0 Å². The van der Waals surface area contributed by atoms with Crippen molar-refractivity contribution in [3.63, 3.8) is 0 Å². The molecule has 0 aliphatic carbocycles. The van der Waals surface area contributed by atoms with Crippen LogP contribution in [0.1, 0.15) is 30.1 Å². The van der Waals surface area contributed by atoms with Gasteiger partial charge in [-0.05, 0) is 29.6 Å². The molecule has 0 bridgehead atoms. The first-order valence-corrected chi connectivity index (χ1v) is 8.24. The van der Waals surface area contributed by atoms with Crippen LogP contribution < -0.4 is 5.32 Å². The monoisotopic (exact) mass is 376 g/mol. The van der Waals surface area contributed by atoms with Crippen molar-refractivity contribution in [2.75, 3.05) is 0 Å². The van der Waals surface area contributed by atoms with E-state index in [4.69, 9.17) is 32.4 Å². The fraction of sp³-hybridized carbons (Fsp3) is 0.357. The predicted molar refractivity (Wildman–Crippen MR) is 86.7 cm³/mol. The molecule has 1 atom stereocenters. The molecule has 2 rings (SSSR count). The lowest BCUT2D eigenvalue weighted by molar-refractivity contribution is -0.132. The Morgan fingerprint density at radius 2 is 2.17 bits per heavy atom. The molecule has 0 unspecified atom stereocenters. The standard InChI is InChI=1S/C14H14Cl2N2O4S/c1-7(2)11(13(19)17-6-8-4-3-5-21-8)22-14(20)10-9(15)12(16)23-18-10/h3-5,7,11H,6H2,1-2H3,(H,17,19)/t11-/m0/s1. The molecule has 0 spiro atoms. The summed E-state index contributed by atoms with van der Waals surface area (Å²) < 4.78 is 14.4. The lowest BCUT2D eigenvalue weighted by atomic mass is 10.1. The average Bonchev–Trinajstić information content (AvgIpc) is 3.13. The smallest absolute Gasteiger partial charge is 0.360 e. The van der Waals surface area contributed by atoms with E-state index < -0.39 is 18.0 Å². The van der Waals surface area contributed by atoms with Gasteiger partial charge in [-0.3, -0.25) is 4.79 Å². The highest BCUT2D eigenvalue weighted by molar-refractivity contribution is 7.11. The van der Waals surface area contributed by atoms with E-state index in [-0.39, 0.29) is 27.5 Å². The normalized spacial score (nSPS) is 12.2. The van der Waals surface area contributed by atoms with E-state index in [1.54, 1.807) is 26.0 Å². The van der Waals surface area contributed by atoms with Crippen molar-refractivity contribution < 1.29 is 18.7 Å². The predicted octanol–water partition coefficient (Wildman–Crippen LogP) is 3.54. The van der Waals surface area contributed by atoms with Crippen molar-refractivity contribution in [2.24, 2.45) is 5.92 Å². The molecule has 2 aromatic heterocycles. The van der Waals surface area contributed by atoms with Crippen LogP contribution in [0.15, 0.2) is 22.8 Å². The number of amides is 1. The van der Waals surface area contributed by atoms with Crippen molar-refractivity contribution in [1.82, 2.24) is 9.69 Å². The maximum atomic E-state index is 12.2. The second-order valence-corrected chi connectivity index (χ2v) is 6.74. The van der Waals surface area contributed by atoms with Gasteiger partial charge >= 0.3 is 5.97 Å². The summed E-state index contributed by atoms with van der Waals surface area (Å²) in [7, 11) is 0. The number of carbonyl (C=O) groups is 2. The molecule has 6 nitrogen and oxygen atoms in total. The average molecular weight is 377 g/mol. The van der Waals surface area contributed by atoms with Crippen molar-refractivity contribution >= 4 is 46.6 Å². The first-order valence-electron chi connectivity index (χ1n) is 6.72. The minimum atomic E-state index is -0.978. The molecule has 1 N–H and O–H groups in total. The highest BCUT2D eigenvalue weighted by Gasteiger charge is 2.29. The number of aromatic nitrogens is 1. The van der Waals surface area contributed by atoms with Gasteiger partial charge in [-0.1, -0.05) is 37.0 Å². The summed E-state index contributed by atoms with van der Waals surface area (Å²) in [6.07, 6.45) is 0.532. The van der Waals surface area contributed by atoms with Crippen LogP contribution in [0.3, 0.4) is 0 Å². The third-order valence-corrected chi connectivity index (χ3v) is 4.52. The molecule has 0 radical (unpaired) electrons. The third-order valence-electron chi connectivity index (χ3n) is 2.91. The second-order valence-electron chi connectivity index (χ2n) is 4.99. The molecule has 2 heterocycles. The van der Waals surface area contributed by atoms with Gasteiger partial charge in [0.2, 0.25) is 0 Å². The zero-order chi connectivity index (χ0) is 17.0. The molecule has 23 heavy (non-hydrogen) atoms. The lowest BCUT2D eigenvalue weighted by Crippen LogP contribution is -2.40. The number of hydrogen-bond acceptors (Lipinski definition) is 6. The van der Waals surface area contributed by atoms with Gasteiger partial charge in [0.25, 0.3) is 5.91 Å². The summed E-state index contributed by atoms with van der Waals surface area (Å²) >= 11 is 12.5. The number of rotatable bonds is 6. The summed E-state index contributed by atoms with van der Waals surface area (Å²) in [5, 5.41) is 2.68. The van der Waals surface area contributed by atoms with Crippen LogP contribution >= 0.6 is 34.7 Å². The van der Waals surface area contributed by atoms with Crippen LogP contribution in [0.25, 0.3) is 0 Å². The zero-order valence-electron chi connectivity index (χ0n) is 12.3. The van der Waals surface area contributed by atoms with E-state index in [0.717, 1.165) is 11.5 Å². The number of hydrogen-bond donors (Lipinski definition) is 1. The summed E-state index contributed by atoms with van der Waals surface area (Å²) in [5.74, 6) is -0.850. The van der Waals surface area contributed by atoms with Crippen molar-refractivity contribution in [2.45, 2.75) is 26.5 Å². The van der Waals surface area contributed by atoms with Gasteiger partial charge in [0, 0.05) is 0 Å². The number of nitrogens with one attached hydrogen (secondary N) is 1. The minimum Gasteiger partial charge on any atom is -0.467 e. The molecule has 0 aliphatic rings. The fourth-order valence-electron chi connectivity index (χ4n) is 1.74. The number of halogens is 2. The number of esters is 1. The molecule has 0 aromatic carbocycles. The summed E-state index contributed by atoms with van der Waals surface area (Å²) in [6.45, 7) is 3.73. The minimum absolute atomic E-state index is 0.0279. The molecule has 124 valence electrons. The van der Waals surface area contributed by atoms with Gasteiger partial charge in [-0.2, -0.15) is 4.37 Å².